The summed E-state index contributed by atoms with van der Waals surface area (Å²) in [5.74, 6) is 0.574. The summed E-state index contributed by atoms with van der Waals surface area (Å²) in [5, 5.41) is 0. The summed E-state index contributed by atoms with van der Waals surface area (Å²) in [4.78, 5) is 10.1. The Labute approximate surface area is 249 Å². The van der Waals surface area contributed by atoms with E-state index in [1.54, 1.807) is 36.4 Å². The maximum atomic E-state index is 12.3. The molecule has 3 aromatic carbocycles. The summed E-state index contributed by atoms with van der Waals surface area (Å²) >= 11 is 0. The lowest BCUT2D eigenvalue weighted by Gasteiger charge is -2.14. The molecule has 1 unspecified atom stereocenters. The number of hydrogen-bond acceptors (Lipinski definition) is 3. The number of hydrogen-bond donors (Lipinski definition) is 1. The molecule has 0 amide bonds. The van der Waals surface area contributed by atoms with Crippen LogP contribution in [0.15, 0.2) is 78.9 Å². The Balaban J connectivity index is 1.23. The SMILES string of the molecule is CCCCCCCCCCCCCCCCCCc1ccc(-c2ccc(OP(=O)(O)Oc3ccccc3)cc2)cc1. The van der Waals surface area contributed by atoms with Crippen molar-refractivity contribution in [3.8, 4) is 22.6 Å². The van der Waals surface area contributed by atoms with Crippen LogP contribution in [0.4, 0.5) is 0 Å². The van der Waals surface area contributed by atoms with Gasteiger partial charge in [0.25, 0.3) is 0 Å². The normalized spacial score (nSPS) is 12.6. The highest BCUT2D eigenvalue weighted by Gasteiger charge is 2.24. The Morgan fingerprint density at radius 2 is 0.902 bits per heavy atom. The molecule has 0 aliphatic heterocycles. The van der Waals surface area contributed by atoms with Crippen molar-refractivity contribution in [2.75, 3.05) is 0 Å². The van der Waals surface area contributed by atoms with E-state index in [9.17, 15) is 9.46 Å². The van der Waals surface area contributed by atoms with Gasteiger partial charge in [0.2, 0.25) is 0 Å². The van der Waals surface area contributed by atoms with Crippen LogP contribution in [0.3, 0.4) is 0 Å². The van der Waals surface area contributed by atoms with Crippen LogP contribution in [0.2, 0.25) is 0 Å². The largest absolute Gasteiger partial charge is 0.584 e. The second-order valence-corrected chi connectivity index (χ2v) is 12.5. The summed E-state index contributed by atoms with van der Waals surface area (Å²) in [6.45, 7) is 2.29. The van der Waals surface area contributed by atoms with Gasteiger partial charge in [-0.1, -0.05) is 158 Å². The van der Waals surface area contributed by atoms with Gasteiger partial charge in [-0.3, -0.25) is 4.89 Å². The lowest BCUT2D eigenvalue weighted by Crippen LogP contribution is -1.99. The second-order valence-electron chi connectivity index (χ2n) is 11.2. The molecule has 0 saturated carbocycles. The molecule has 0 aromatic heterocycles. The molecule has 1 N–H and O–H groups in total. The number of rotatable bonds is 22. The van der Waals surface area contributed by atoms with Crippen molar-refractivity contribution in [1.82, 2.24) is 0 Å². The Bertz CT molecular complexity index is 1110. The molecule has 4 nitrogen and oxygen atoms in total. The zero-order chi connectivity index (χ0) is 29.0. The summed E-state index contributed by atoms with van der Waals surface area (Å²) in [6.07, 6.45) is 23.4. The molecule has 0 fully saturated rings. The van der Waals surface area contributed by atoms with Crippen molar-refractivity contribution in [2.45, 2.75) is 116 Å². The molecule has 0 radical (unpaired) electrons. The van der Waals surface area contributed by atoms with Gasteiger partial charge in [-0.25, -0.2) is 4.57 Å². The molecule has 3 aromatic rings. The van der Waals surface area contributed by atoms with Crippen LogP contribution in [0.1, 0.15) is 115 Å². The third kappa shape index (κ3) is 14.3. The predicted octanol–water partition coefficient (Wildman–Crippen LogP) is 11.7. The highest BCUT2D eigenvalue weighted by atomic mass is 31.2. The minimum atomic E-state index is -4.26. The van der Waals surface area contributed by atoms with Gasteiger partial charge in [-0.15, -0.1) is 0 Å². The topological polar surface area (TPSA) is 55.8 Å². The second kappa shape index (κ2) is 19.5. The molecule has 224 valence electrons. The minimum absolute atomic E-state index is 0.287. The van der Waals surface area contributed by atoms with Crippen LogP contribution in [0, 0.1) is 0 Å². The van der Waals surface area contributed by atoms with E-state index in [0.717, 1.165) is 17.5 Å². The third-order valence-corrected chi connectivity index (χ3v) is 8.53. The zero-order valence-electron chi connectivity index (χ0n) is 25.1. The van der Waals surface area contributed by atoms with Crippen LogP contribution in [-0.4, -0.2) is 4.89 Å². The monoisotopic (exact) mass is 578 g/mol. The number of phosphoric ester groups is 1. The predicted molar refractivity (Wildman–Crippen MR) is 173 cm³/mol. The molecular weight excluding hydrogens is 527 g/mol. The summed E-state index contributed by atoms with van der Waals surface area (Å²) < 4.78 is 22.7. The summed E-state index contributed by atoms with van der Waals surface area (Å²) in [6, 6.07) is 24.4. The average molecular weight is 579 g/mol. The summed E-state index contributed by atoms with van der Waals surface area (Å²) in [7, 11) is -4.26. The molecule has 1 atom stereocenters. The first-order valence-electron chi connectivity index (χ1n) is 16.0. The molecule has 0 aliphatic carbocycles. The molecule has 0 saturated heterocycles. The summed E-state index contributed by atoms with van der Waals surface area (Å²) in [5.41, 5.74) is 3.52. The van der Waals surface area contributed by atoms with E-state index in [-0.39, 0.29) is 11.5 Å². The molecular formula is C36H51O4P. The van der Waals surface area contributed by atoms with Gasteiger partial charge in [0.05, 0.1) is 0 Å². The zero-order valence-corrected chi connectivity index (χ0v) is 26.0. The number of phosphoric acid groups is 1. The van der Waals surface area contributed by atoms with Crippen LogP contribution in [0.25, 0.3) is 11.1 Å². The van der Waals surface area contributed by atoms with Crippen LogP contribution in [0.5, 0.6) is 11.5 Å². The van der Waals surface area contributed by atoms with Crippen molar-refractivity contribution in [3.63, 3.8) is 0 Å². The van der Waals surface area contributed by atoms with Crippen molar-refractivity contribution < 1.29 is 18.5 Å². The fourth-order valence-electron chi connectivity index (χ4n) is 5.22. The quantitative estimate of drug-likeness (QED) is 0.0951. The van der Waals surface area contributed by atoms with Crippen LogP contribution in [-0.2, 0) is 11.0 Å². The first kappa shape index (κ1) is 33.0. The number of aryl methyl sites for hydroxylation is 1. The standard InChI is InChI=1S/C36H51O4P/c1-2-3-4-5-6-7-8-9-10-11-12-13-14-15-16-18-21-32-24-26-33(27-25-32)34-28-30-36(31-29-34)40-41(37,38)39-35-22-19-17-20-23-35/h17,19-20,22-31H,2-16,18,21H2,1H3,(H,37,38). The molecule has 0 heterocycles. The van der Waals surface area contributed by atoms with Crippen molar-refractivity contribution in [2.24, 2.45) is 0 Å². The Morgan fingerprint density at radius 1 is 0.512 bits per heavy atom. The smallest absolute Gasteiger partial charge is 0.395 e. The maximum absolute atomic E-state index is 12.3. The van der Waals surface area contributed by atoms with Gasteiger partial charge in [0.15, 0.2) is 0 Å². The van der Waals surface area contributed by atoms with Gasteiger partial charge in [-0.05, 0) is 53.8 Å². The van der Waals surface area contributed by atoms with Gasteiger partial charge in [0.1, 0.15) is 11.5 Å². The van der Waals surface area contributed by atoms with Crippen LogP contribution < -0.4 is 9.05 Å². The molecule has 3 rings (SSSR count). The van der Waals surface area contributed by atoms with Gasteiger partial charge >= 0.3 is 7.82 Å². The minimum Gasteiger partial charge on any atom is -0.395 e. The van der Waals surface area contributed by atoms with Crippen molar-refractivity contribution >= 4 is 7.82 Å². The molecule has 0 bridgehead atoms. The number of unbranched alkanes of at least 4 members (excludes halogenated alkanes) is 15. The first-order chi connectivity index (χ1) is 20.1. The van der Waals surface area contributed by atoms with Crippen LogP contribution >= 0.6 is 7.82 Å². The maximum Gasteiger partial charge on any atom is 0.584 e. The van der Waals surface area contributed by atoms with Gasteiger partial charge in [-0.2, -0.15) is 0 Å². The number of benzene rings is 3. The number of para-hydroxylation sites is 1. The molecule has 0 spiro atoms. The van der Waals surface area contributed by atoms with E-state index < -0.39 is 7.82 Å². The van der Waals surface area contributed by atoms with E-state index in [1.165, 1.54) is 108 Å². The van der Waals surface area contributed by atoms with Crippen molar-refractivity contribution in [1.29, 1.82) is 0 Å². The first-order valence-corrected chi connectivity index (χ1v) is 17.5. The average Bonchev–Trinajstić information content (AvgIpc) is 2.98. The fraction of sp³-hybridized carbons (Fsp3) is 0.500. The Morgan fingerprint density at radius 3 is 1.37 bits per heavy atom. The molecule has 0 aliphatic rings. The highest BCUT2D eigenvalue weighted by molar-refractivity contribution is 7.48. The lowest BCUT2D eigenvalue weighted by atomic mass is 10.0. The van der Waals surface area contributed by atoms with E-state index in [0.29, 0.717) is 0 Å². The van der Waals surface area contributed by atoms with Crippen molar-refractivity contribution in [3.05, 3.63) is 84.4 Å². The van der Waals surface area contributed by atoms with E-state index in [1.807, 2.05) is 18.2 Å². The lowest BCUT2D eigenvalue weighted by molar-refractivity contribution is 0.291. The molecule has 5 heteroatoms. The highest BCUT2D eigenvalue weighted by Crippen LogP contribution is 2.44. The Hall–Kier alpha value is -2.55. The van der Waals surface area contributed by atoms with Gasteiger partial charge in [0, 0.05) is 0 Å². The van der Waals surface area contributed by atoms with E-state index in [2.05, 4.69) is 31.2 Å². The van der Waals surface area contributed by atoms with E-state index >= 15 is 0 Å². The molecule has 41 heavy (non-hydrogen) atoms. The Kier molecular flexibility index (Phi) is 15.7. The van der Waals surface area contributed by atoms with E-state index in [4.69, 9.17) is 9.05 Å². The fourth-order valence-corrected chi connectivity index (χ4v) is 6.03. The van der Waals surface area contributed by atoms with Gasteiger partial charge < -0.3 is 9.05 Å². The third-order valence-electron chi connectivity index (χ3n) is 7.65.